The highest BCUT2D eigenvalue weighted by Crippen LogP contribution is 2.25. The van der Waals surface area contributed by atoms with Crippen molar-refractivity contribution in [1.82, 2.24) is 4.90 Å². The summed E-state index contributed by atoms with van der Waals surface area (Å²) in [6, 6.07) is 14.3. The van der Waals surface area contributed by atoms with Gasteiger partial charge in [-0.15, -0.1) is 23.5 Å². The molecule has 0 aliphatic heterocycles. The van der Waals surface area contributed by atoms with Crippen molar-refractivity contribution >= 4 is 47.0 Å². The quantitative estimate of drug-likeness (QED) is 0.523. The zero-order valence-corrected chi connectivity index (χ0v) is 17.6. The Kier molecular flexibility index (Phi) is 8.41. The van der Waals surface area contributed by atoms with Crippen LogP contribution in [-0.4, -0.2) is 55.4 Å². The van der Waals surface area contributed by atoms with Crippen LogP contribution < -0.4 is 5.32 Å². The van der Waals surface area contributed by atoms with Crippen LogP contribution in [-0.2, 0) is 14.3 Å². The Morgan fingerprint density at radius 1 is 1.00 bits per heavy atom. The van der Waals surface area contributed by atoms with Gasteiger partial charge in [0.15, 0.2) is 6.61 Å². The molecule has 0 bridgehead atoms. The van der Waals surface area contributed by atoms with E-state index in [4.69, 9.17) is 4.74 Å². The molecule has 2 rings (SSSR count). The Hall–Kier alpha value is -2.45. The largest absolute Gasteiger partial charge is 0.452 e. The van der Waals surface area contributed by atoms with Crippen molar-refractivity contribution in [2.24, 2.45) is 0 Å². The molecule has 2 aromatic rings. The van der Waals surface area contributed by atoms with Crippen molar-refractivity contribution in [1.29, 1.82) is 0 Å². The lowest BCUT2D eigenvalue weighted by Crippen LogP contribution is -2.23. The van der Waals surface area contributed by atoms with Crippen LogP contribution in [0.25, 0.3) is 0 Å². The first-order valence-corrected chi connectivity index (χ1v) is 10.7. The van der Waals surface area contributed by atoms with Crippen molar-refractivity contribution < 1.29 is 19.1 Å². The minimum atomic E-state index is -0.603. The molecule has 8 heteroatoms. The summed E-state index contributed by atoms with van der Waals surface area (Å²) in [7, 11) is 3.35. The van der Waals surface area contributed by atoms with E-state index < -0.39 is 18.5 Å². The van der Waals surface area contributed by atoms with Crippen LogP contribution in [0.5, 0.6) is 0 Å². The van der Waals surface area contributed by atoms with E-state index in [0.29, 0.717) is 16.1 Å². The lowest BCUT2D eigenvalue weighted by atomic mass is 10.2. The molecular weight excluding hydrogens is 396 g/mol. The van der Waals surface area contributed by atoms with Gasteiger partial charge in [-0.1, -0.05) is 24.3 Å². The Morgan fingerprint density at radius 3 is 2.32 bits per heavy atom. The van der Waals surface area contributed by atoms with Gasteiger partial charge in [-0.3, -0.25) is 9.59 Å². The highest BCUT2D eigenvalue weighted by molar-refractivity contribution is 8.00. The number of amides is 2. The molecule has 6 nitrogen and oxygen atoms in total. The van der Waals surface area contributed by atoms with Crippen LogP contribution in [0.1, 0.15) is 10.4 Å². The number of ether oxygens (including phenoxy) is 1. The van der Waals surface area contributed by atoms with Crippen molar-refractivity contribution in [2.75, 3.05) is 38.0 Å². The van der Waals surface area contributed by atoms with E-state index in [2.05, 4.69) is 5.32 Å². The lowest BCUT2D eigenvalue weighted by molar-refractivity contribution is -0.125. The van der Waals surface area contributed by atoms with Gasteiger partial charge < -0.3 is 15.0 Å². The molecule has 0 saturated heterocycles. The number of nitrogens with zero attached hydrogens (tertiary/aromatic N) is 1. The van der Waals surface area contributed by atoms with Crippen LogP contribution in [0.3, 0.4) is 0 Å². The van der Waals surface area contributed by atoms with E-state index in [-0.39, 0.29) is 11.7 Å². The Morgan fingerprint density at radius 2 is 1.64 bits per heavy atom. The summed E-state index contributed by atoms with van der Waals surface area (Å²) >= 11 is 2.77. The van der Waals surface area contributed by atoms with Crippen molar-refractivity contribution in [3.05, 3.63) is 54.1 Å². The number of anilines is 1. The van der Waals surface area contributed by atoms with Crippen LogP contribution in [0, 0.1) is 0 Å². The molecule has 0 saturated carbocycles. The minimum absolute atomic E-state index is 0.0555. The van der Waals surface area contributed by atoms with Gasteiger partial charge in [-0.2, -0.15) is 0 Å². The predicted molar refractivity (Wildman–Crippen MR) is 113 cm³/mol. The minimum Gasteiger partial charge on any atom is -0.452 e. The Balaban J connectivity index is 1.96. The number of esters is 1. The van der Waals surface area contributed by atoms with Crippen LogP contribution in [0.4, 0.5) is 5.69 Å². The summed E-state index contributed by atoms with van der Waals surface area (Å²) in [6.45, 7) is -0.392. The molecule has 0 heterocycles. The van der Waals surface area contributed by atoms with Crippen LogP contribution >= 0.6 is 23.5 Å². The SMILES string of the molecule is CSc1ccccc1NC(=O)COC(=O)c1ccccc1SCC(=O)N(C)C. The molecule has 1 N–H and O–H groups in total. The average molecular weight is 419 g/mol. The summed E-state index contributed by atoms with van der Waals surface area (Å²) in [4.78, 5) is 39.4. The third-order valence-corrected chi connectivity index (χ3v) is 5.53. The molecule has 0 spiro atoms. The molecule has 148 valence electrons. The molecule has 0 radical (unpaired) electrons. The number of thioether (sulfide) groups is 2. The number of hydrogen-bond donors (Lipinski definition) is 1. The van der Waals surface area contributed by atoms with Gasteiger partial charge in [0.25, 0.3) is 5.91 Å². The van der Waals surface area contributed by atoms with Crippen LogP contribution in [0.2, 0.25) is 0 Å². The van der Waals surface area contributed by atoms with Crippen LogP contribution in [0.15, 0.2) is 58.3 Å². The van der Waals surface area contributed by atoms with E-state index >= 15 is 0 Å². The van der Waals surface area contributed by atoms with E-state index in [9.17, 15) is 14.4 Å². The third kappa shape index (κ3) is 6.31. The first kappa shape index (κ1) is 21.8. The first-order valence-electron chi connectivity index (χ1n) is 8.44. The fraction of sp³-hybridized carbons (Fsp3) is 0.250. The summed E-state index contributed by atoms with van der Waals surface area (Å²) in [5.74, 6) is -0.861. The second-order valence-corrected chi connectivity index (χ2v) is 7.76. The van der Waals surface area contributed by atoms with Gasteiger partial charge in [-0.25, -0.2) is 4.79 Å². The monoisotopic (exact) mass is 418 g/mol. The summed E-state index contributed by atoms with van der Waals surface area (Å²) in [5.41, 5.74) is 1.01. The Labute approximate surface area is 173 Å². The number of carbonyl (C=O) groups excluding carboxylic acids is 3. The third-order valence-electron chi connectivity index (χ3n) is 3.67. The van der Waals surface area contributed by atoms with E-state index in [1.165, 1.54) is 28.4 Å². The maximum absolute atomic E-state index is 12.4. The molecule has 0 atom stereocenters. The van der Waals surface area contributed by atoms with Crippen molar-refractivity contribution in [2.45, 2.75) is 9.79 Å². The summed E-state index contributed by atoms with van der Waals surface area (Å²) in [6.07, 6.45) is 1.92. The second-order valence-electron chi connectivity index (χ2n) is 5.90. The summed E-state index contributed by atoms with van der Waals surface area (Å²) in [5, 5.41) is 2.74. The zero-order chi connectivity index (χ0) is 20.5. The number of para-hydroxylation sites is 1. The van der Waals surface area contributed by atoms with E-state index in [1.54, 1.807) is 44.4 Å². The van der Waals surface area contributed by atoms with E-state index in [0.717, 1.165) is 4.90 Å². The molecule has 0 aliphatic rings. The highest BCUT2D eigenvalue weighted by Gasteiger charge is 2.16. The maximum atomic E-state index is 12.4. The predicted octanol–water partition coefficient (Wildman–Crippen LogP) is 3.38. The zero-order valence-electron chi connectivity index (χ0n) is 15.9. The van der Waals surface area contributed by atoms with Gasteiger partial charge in [-0.05, 0) is 30.5 Å². The van der Waals surface area contributed by atoms with E-state index in [1.807, 2.05) is 24.5 Å². The topological polar surface area (TPSA) is 75.7 Å². The maximum Gasteiger partial charge on any atom is 0.339 e. The van der Waals surface area contributed by atoms with Crippen molar-refractivity contribution in [3.63, 3.8) is 0 Å². The molecule has 0 unspecified atom stereocenters. The molecule has 2 aromatic carbocycles. The van der Waals surface area contributed by atoms with Gasteiger partial charge in [0.1, 0.15) is 0 Å². The van der Waals surface area contributed by atoms with Gasteiger partial charge in [0.05, 0.1) is 17.0 Å². The normalized spacial score (nSPS) is 10.2. The number of rotatable bonds is 8. The first-order chi connectivity index (χ1) is 13.4. The molecule has 2 amide bonds. The van der Waals surface area contributed by atoms with Gasteiger partial charge in [0, 0.05) is 23.9 Å². The van der Waals surface area contributed by atoms with Gasteiger partial charge in [0.2, 0.25) is 5.91 Å². The standard InChI is InChI=1S/C20H22N2O4S2/c1-22(2)19(24)13-28-16-10-6-4-8-14(16)20(25)26-12-18(23)21-15-9-5-7-11-17(15)27-3/h4-11H,12-13H2,1-3H3,(H,21,23). The molecule has 0 aromatic heterocycles. The fourth-order valence-electron chi connectivity index (χ4n) is 2.17. The molecule has 0 aliphatic carbocycles. The van der Waals surface area contributed by atoms with Gasteiger partial charge >= 0.3 is 5.97 Å². The second kappa shape index (κ2) is 10.8. The highest BCUT2D eigenvalue weighted by atomic mass is 32.2. The molecule has 28 heavy (non-hydrogen) atoms. The number of carbonyl (C=O) groups is 3. The molecular formula is C20H22N2O4S2. The van der Waals surface area contributed by atoms with Crippen molar-refractivity contribution in [3.8, 4) is 0 Å². The number of benzene rings is 2. The fourth-order valence-corrected chi connectivity index (χ4v) is 3.75. The molecule has 0 fully saturated rings. The Bertz CT molecular complexity index is 856. The lowest BCUT2D eigenvalue weighted by Gasteiger charge is -2.12. The number of nitrogens with one attached hydrogen (secondary N) is 1. The average Bonchev–Trinajstić information content (AvgIpc) is 2.70. The smallest absolute Gasteiger partial charge is 0.339 e. The summed E-state index contributed by atoms with van der Waals surface area (Å²) < 4.78 is 5.16. The number of hydrogen-bond acceptors (Lipinski definition) is 6.